The fraction of sp³-hybridized carbons (Fsp3) is 0.562. The number of hydrogen-bond donors (Lipinski definition) is 2. The summed E-state index contributed by atoms with van der Waals surface area (Å²) in [4.78, 5) is 11.8. The van der Waals surface area contributed by atoms with E-state index in [0.29, 0.717) is 18.1 Å². The van der Waals surface area contributed by atoms with Gasteiger partial charge < -0.3 is 15.4 Å². The number of benzene rings is 1. The van der Waals surface area contributed by atoms with Gasteiger partial charge in [-0.15, -0.1) is 0 Å². The maximum Gasteiger partial charge on any atom is 0.408 e. The summed E-state index contributed by atoms with van der Waals surface area (Å²) in [5.74, 6) is -0.365. The van der Waals surface area contributed by atoms with Crippen LogP contribution >= 0.6 is 11.6 Å². The Labute approximate surface area is 136 Å². The summed E-state index contributed by atoms with van der Waals surface area (Å²) >= 11 is 5.81. The lowest BCUT2D eigenvalue weighted by atomic mass is 10.1. The summed E-state index contributed by atoms with van der Waals surface area (Å²) in [5, 5.41) is 6.33. The molecule has 124 valence electrons. The summed E-state index contributed by atoms with van der Waals surface area (Å²) in [7, 11) is 0. The first-order chi connectivity index (χ1) is 9.97. The average Bonchev–Trinajstić information content (AvgIpc) is 2.22. The van der Waals surface area contributed by atoms with Gasteiger partial charge in [0, 0.05) is 18.1 Å². The minimum Gasteiger partial charge on any atom is -0.444 e. The molecule has 0 radical (unpaired) electrons. The van der Waals surface area contributed by atoms with E-state index in [2.05, 4.69) is 10.6 Å². The molecule has 0 bridgehead atoms. The van der Waals surface area contributed by atoms with E-state index in [1.54, 1.807) is 6.07 Å². The molecule has 6 heteroatoms. The zero-order valence-electron chi connectivity index (χ0n) is 13.7. The van der Waals surface area contributed by atoms with Crippen LogP contribution in [0.3, 0.4) is 0 Å². The van der Waals surface area contributed by atoms with Gasteiger partial charge in [0.25, 0.3) is 0 Å². The molecule has 0 saturated heterocycles. The molecular formula is C16H24ClFN2O2. The zero-order chi connectivity index (χ0) is 17.0. The first kappa shape index (κ1) is 18.7. The summed E-state index contributed by atoms with van der Waals surface area (Å²) in [6, 6.07) is 4.39. The van der Waals surface area contributed by atoms with Gasteiger partial charge in [0.15, 0.2) is 0 Å². The molecule has 0 unspecified atom stereocenters. The largest absolute Gasteiger partial charge is 0.444 e. The normalized spacial score (nSPS) is 12.1. The van der Waals surface area contributed by atoms with Crippen LogP contribution in [-0.2, 0) is 11.3 Å². The number of ether oxygens (including phenoxy) is 1. The highest BCUT2D eigenvalue weighted by molar-refractivity contribution is 6.30. The molecule has 0 aromatic heterocycles. The van der Waals surface area contributed by atoms with Crippen molar-refractivity contribution in [2.24, 2.45) is 0 Å². The molecule has 1 aromatic carbocycles. The van der Waals surface area contributed by atoms with Crippen molar-refractivity contribution >= 4 is 17.7 Å². The zero-order valence-corrected chi connectivity index (χ0v) is 14.5. The second-order valence-electron chi connectivity index (χ2n) is 6.89. The lowest BCUT2D eigenvalue weighted by Gasteiger charge is -2.29. The van der Waals surface area contributed by atoms with Crippen molar-refractivity contribution in [2.45, 2.75) is 52.3 Å². The maximum atomic E-state index is 13.2. The number of carbonyl (C=O) groups excluding carboxylic acids is 1. The fourth-order valence-corrected chi connectivity index (χ4v) is 2.10. The Morgan fingerprint density at radius 1 is 1.23 bits per heavy atom. The molecular weight excluding hydrogens is 307 g/mol. The maximum absolute atomic E-state index is 13.2. The molecule has 0 saturated carbocycles. The predicted molar refractivity (Wildman–Crippen MR) is 86.6 cm³/mol. The van der Waals surface area contributed by atoms with Gasteiger partial charge in [0.1, 0.15) is 11.4 Å². The number of carbonyl (C=O) groups is 1. The minimum absolute atomic E-state index is 0.364. The second-order valence-corrected chi connectivity index (χ2v) is 7.33. The monoisotopic (exact) mass is 330 g/mol. The molecule has 1 aromatic rings. The molecule has 22 heavy (non-hydrogen) atoms. The van der Waals surface area contributed by atoms with Crippen molar-refractivity contribution in [2.75, 3.05) is 6.54 Å². The fourth-order valence-electron chi connectivity index (χ4n) is 1.86. The Morgan fingerprint density at radius 3 is 2.41 bits per heavy atom. The van der Waals surface area contributed by atoms with E-state index in [0.717, 1.165) is 5.56 Å². The molecule has 0 atom stereocenters. The van der Waals surface area contributed by atoms with Crippen LogP contribution in [0.25, 0.3) is 0 Å². The molecule has 0 heterocycles. The Morgan fingerprint density at radius 2 is 1.86 bits per heavy atom. The van der Waals surface area contributed by atoms with Crippen LogP contribution in [0.2, 0.25) is 5.02 Å². The summed E-state index contributed by atoms with van der Waals surface area (Å²) in [5.41, 5.74) is -0.288. The van der Waals surface area contributed by atoms with Gasteiger partial charge in [-0.05, 0) is 58.4 Å². The topological polar surface area (TPSA) is 50.4 Å². The lowest BCUT2D eigenvalue weighted by molar-refractivity contribution is 0.0472. The third-order valence-corrected chi connectivity index (χ3v) is 2.88. The number of rotatable bonds is 5. The molecule has 2 N–H and O–H groups in total. The standard InChI is InChI=1S/C16H24ClFN2O2/c1-15(2,3)22-14(21)20-16(4,5)10-19-9-11-6-12(17)8-13(18)7-11/h6-8,19H,9-10H2,1-5H3,(H,20,21). The van der Waals surface area contributed by atoms with Crippen LogP contribution in [0.15, 0.2) is 18.2 Å². The third kappa shape index (κ3) is 7.61. The van der Waals surface area contributed by atoms with Crippen LogP contribution in [0, 0.1) is 5.82 Å². The van der Waals surface area contributed by atoms with Crippen molar-refractivity contribution in [3.63, 3.8) is 0 Å². The lowest BCUT2D eigenvalue weighted by Crippen LogP contribution is -2.51. The Hall–Kier alpha value is -1.33. The number of amides is 1. The molecule has 1 rings (SSSR count). The average molecular weight is 331 g/mol. The van der Waals surface area contributed by atoms with Gasteiger partial charge in [0.05, 0.1) is 5.54 Å². The van der Waals surface area contributed by atoms with E-state index >= 15 is 0 Å². The molecule has 1 amide bonds. The van der Waals surface area contributed by atoms with Gasteiger partial charge in [-0.3, -0.25) is 0 Å². The smallest absolute Gasteiger partial charge is 0.408 e. The first-order valence-electron chi connectivity index (χ1n) is 7.14. The molecule has 0 aliphatic carbocycles. The summed E-state index contributed by atoms with van der Waals surface area (Å²) in [6.45, 7) is 10.1. The SMILES string of the molecule is CC(C)(CNCc1cc(F)cc(Cl)c1)NC(=O)OC(C)(C)C. The van der Waals surface area contributed by atoms with Crippen molar-refractivity contribution in [3.8, 4) is 0 Å². The highest BCUT2D eigenvalue weighted by atomic mass is 35.5. The molecule has 0 spiro atoms. The summed E-state index contributed by atoms with van der Waals surface area (Å²) < 4.78 is 18.5. The molecule has 0 aliphatic heterocycles. The highest BCUT2D eigenvalue weighted by Crippen LogP contribution is 2.14. The molecule has 0 aliphatic rings. The quantitative estimate of drug-likeness (QED) is 0.861. The number of hydrogen-bond acceptors (Lipinski definition) is 3. The van der Waals surface area contributed by atoms with E-state index in [1.165, 1.54) is 12.1 Å². The van der Waals surface area contributed by atoms with E-state index in [1.807, 2.05) is 34.6 Å². The minimum atomic E-state index is -0.536. The van der Waals surface area contributed by atoms with Crippen molar-refractivity contribution in [3.05, 3.63) is 34.6 Å². The van der Waals surface area contributed by atoms with Crippen LogP contribution in [-0.4, -0.2) is 23.8 Å². The van der Waals surface area contributed by atoms with E-state index in [-0.39, 0.29) is 5.82 Å². The third-order valence-electron chi connectivity index (χ3n) is 2.66. The van der Waals surface area contributed by atoms with Crippen LogP contribution in [0.1, 0.15) is 40.2 Å². The van der Waals surface area contributed by atoms with E-state index in [4.69, 9.17) is 16.3 Å². The van der Waals surface area contributed by atoms with Crippen LogP contribution < -0.4 is 10.6 Å². The molecule has 0 fully saturated rings. The number of nitrogens with one attached hydrogen (secondary N) is 2. The first-order valence-corrected chi connectivity index (χ1v) is 7.51. The van der Waals surface area contributed by atoms with Crippen molar-refractivity contribution < 1.29 is 13.9 Å². The Kier molecular flexibility index (Phi) is 6.20. The summed E-state index contributed by atoms with van der Waals surface area (Å²) in [6.07, 6.45) is -0.465. The second kappa shape index (κ2) is 7.29. The number of alkyl carbamates (subject to hydrolysis) is 1. The van der Waals surface area contributed by atoms with E-state index in [9.17, 15) is 9.18 Å². The van der Waals surface area contributed by atoms with Gasteiger partial charge in [-0.1, -0.05) is 11.6 Å². The highest BCUT2D eigenvalue weighted by Gasteiger charge is 2.24. The van der Waals surface area contributed by atoms with Gasteiger partial charge in [0.2, 0.25) is 0 Å². The molecule has 4 nitrogen and oxygen atoms in total. The van der Waals surface area contributed by atoms with Crippen LogP contribution in [0.4, 0.5) is 9.18 Å². The van der Waals surface area contributed by atoms with Gasteiger partial charge in [-0.2, -0.15) is 0 Å². The number of halogens is 2. The van der Waals surface area contributed by atoms with Crippen molar-refractivity contribution in [1.29, 1.82) is 0 Å². The predicted octanol–water partition coefficient (Wildman–Crippen LogP) is 3.87. The van der Waals surface area contributed by atoms with Gasteiger partial charge in [-0.25, -0.2) is 9.18 Å². The Bertz CT molecular complexity index is 507. The van der Waals surface area contributed by atoms with Gasteiger partial charge >= 0.3 is 6.09 Å². The van der Waals surface area contributed by atoms with Crippen LogP contribution in [0.5, 0.6) is 0 Å². The Balaban J connectivity index is 2.46. The van der Waals surface area contributed by atoms with E-state index < -0.39 is 17.2 Å². The van der Waals surface area contributed by atoms with Crippen molar-refractivity contribution in [1.82, 2.24) is 10.6 Å².